The maximum absolute atomic E-state index is 11.5. The van der Waals surface area contributed by atoms with Crippen LogP contribution in [0.25, 0.3) is 0 Å². The van der Waals surface area contributed by atoms with Crippen molar-refractivity contribution in [2.45, 2.75) is 4.90 Å². The molecule has 0 spiro atoms. The first-order chi connectivity index (χ1) is 7.22. The Labute approximate surface area is 93.8 Å². The van der Waals surface area contributed by atoms with Crippen molar-refractivity contribution in [3.63, 3.8) is 0 Å². The van der Waals surface area contributed by atoms with Gasteiger partial charge in [0, 0.05) is 17.6 Å². The molecule has 0 saturated carbocycles. The molecule has 82 valence electrons. The topological polar surface area (TPSA) is 35.5 Å². The third-order valence-corrected chi connectivity index (χ3v) is 2.74. The standard InChI is InChI=1S/C11H14O3S/c1-13-7-9(12)8-4-5-10(14-2)11(6-8)15-3/h4-6H,7H2,1-3H3. The van der Waals surface area contributed by atoms with Gasteiger partial charge in [-0.15, -0.1) is 11.8 Å². The van der Waals surface area contributed by atoms with Crippen molar-refractivity contribution in [3.05, 3.63) is 23.8 Å². The molecule has 0 bridgehead atoms. The third kappa shape index (κ3) is 2.97. The number of hydrogen-bond donors (Lipinski definition) is 0. The monoisotopic (exact) mass is 226 g/mol. The van der Waals surface area contributed by atoms with Crippen LogP contribution in [0.1, 0.15) is 10.4 Å². The van der Waals surface area contributed by atoms with Gasteiger partial charge in [0.1, 0.15) is 12.4 Å². The zero-order valence-corrected chi connectivity index (χ0v) is 9.89. The number of ketones is 1. The number of carbonyl (C=O) groups is 1. The average molecular weight is 226 g/mol. The molecule has 0 amide bonds. The molecule has 1 rings (SSSR count). The summed E-state index contributed by atoms with van der Waals surface area (Å²) in [6.07, 6.45) is 1.95. The number of hydrogen-bond acceptors (Lipinski definition) is 4. The molecule has 0 aromatic heterocycles. The minimum atomic E-state index is -0.0181. The molecule has 0 fully saturated rings. The zero-order chi connectivity index (χ0) is 11.3. The Bertz CT molecular complexity index is 350. The van der Waals surface area contributed by atoms with Crippen LogP contribution in [0.3, 0.4) is 0 Å². The zero-order valence-electron chi connectivity index (χ0n) is 9.07. The smallest absolute Gasteiger partial charge is 0.188 e. The van der Waals surface area contributed by atoms with Gasteiger partial charge in [0.25, 0.3) is 0 Å². The maximum Gasteiger partial charge on any atom is 0.188 e. The Morgan fingerprint density at radius 2 is 2.13 bits per heavy atom. The van der Waals surface area contributed by atoms with Gasteiger partial charge in [0.05, 0.1) is 7.11 Å². The predicted octanol–water partition coefficient (Wildman–Crippen LogP) is 2.25. The minimum Gasteiger partial charge on any atom is -0.496 e. The van der Waals surface area contributed by atoms with E-state index in [1.54, 1.807) is 31.0 Å². The largest absolute Gasteiger partial charge is 0.496 e. The van der Waals surface area contributed by atoms with Gasteiger partial charge in [0.2, 0.25) is 0 Å². The van der Waals surface area contributed by atoms with Crippen molar-refractivity contribution in [3.8, 4) is 5.75 Å². The molecule has 1 aromatic rings. The maximum atomic E-state index is 11.5. The molecule has 15 heavy (non-hydrogen) atoms. The molecular weight excluding hydrogens is 212 g/mol. The summed E-state index contributed by atoms with van der Waals surface area (Å²) in [5.41, 5.74) is 0.655. The Balaban J connectivity index is 2.97. The van der Waals surface area contributed by atoms with Crippen molar-refractivity contribution in [1.82, 2.24) is 0 Å². The highest BCUT2D eigenvalue weighted by Crippen LogP contribution is 2.28. The summed E-state index contributed by atoms with van der Waals surface area (Å²) < 4.78 is 9.97. The summed E-state index contributed by atoms with van der Waals surface area (Å²) >= 11 is 1.55. The minimum absolute atomic E-state index is 0.0181. The molecule has 0 aliphatic carbocycles. The lowest BCUT2D eigenvalue weighted by molar-refractivity contribution is 0.0848. The Morgan fingerprint density at radius 3 is 2.67 bits per heavy atom. The van der Waals surface area contributed by atoms with Gasteiger partial charge in [-0.2, -0.15) is 0 Å². The highest BCUT2D eigenvalue weighted by molar-refractivity contribution is 7.98. The first-order valence-electron chi connectivity index (χ1n) is 4.47. The second kappa shape index (κ2) is 5.78. The summed E-state index contributed by atoms with van der Waals surface area (Å²) in [7, 11) is 3.13. The van der Waals surface area contributed by atoms with Crippen LogP contribution in [0.5, 0.6) is 5.75 Å². The molecule has 1 aromatic carbocycles. The van der Waals surface area contributed by atoms with Crippen molar-refractivity contribution in [1.29, 1.82) is 0 Å². The Morgan fingerprint density at radius 1 is 1.40 bits per heavy atom. The van der Waals surface area contributed by atoms with E-state index in [9.17, 15) is 4.79 Å². The van der Waals surface area contributed by atoms with E-state index in [1.165, 1.54) is 7.11 Å². The van der Waals surface area contributed by atoms with Crippen LogP contribution in [0.2, 0.25) is 0 Å². The Hall–Kier alpha value is -1.00. The average Bonchev–Trinajstić information content (AvgIpc) is 2.28. The van der Waals surface area contributed by atoms with Crippen LogP contribution >= 0.6 is 11.8 Å². The van der Waals surface area contributed by atoms with Crippen LogP contribution in [0, 0.1) is 0 Å². The first-order valence-corrected chi connectivity index (χ1v) is 5.69. The third-order valence-electron chi connectivity index (χ3n) is 1.98. The summed E-state index contributed by atoms with van der Waals surface area (Å²) in [6, 6.07) is 5.37. The van der Waals surface area contributed by atoms with E-state index in [0.29, 0.717) is 5.56 Å². The molecule has 0 aliphatic rings. The van der Waals surface area contributed by atoms with Crippen molar-refractivity contribution in [2.24, 2.45) is 0 Å². The number of thioether (sulfide) groups is 1. The predicted molar refractivity (Wildman–Crippen MR) is 61.0 cm³/mol. The number of rotatable bonds is 5. The molecule has 0 radical (unpaired) electrons. The van der Waals surface area contributed by atoms with E-state index in [2.05, 4.69) is 0 Å². The second-order valence-corrected chi connectivity index (χ2v) is 3.77. The van der Waals surface area contributed by atoms with Crippen LogP contribution < -0.4 is 4.74 Å². The fourth-order valence-electron chi connectivity index (χ4n) is 1.22. The van der Waals surface area contributed by atoms with Gasteiger partial charge in [-0.05, 0) is 24.5 Å². The Kier molecular flexibility index (Phi) is 4.65. The summed E-state index contributed by atoms with van der Waals surface area (Å²) in [4.78, 5) is 12.5. The molecule has 0 heterocycles. The summed E-state index contributed by atoms with van der Waals surface area (Å²) in [6.45, 7) is 0.111. The number of ether oxygens (including phenoxy) is 2. The number of carbonyl (C=O) groups excluding carboxylic acids is 1. The molecule has 0 unspecified atom stereocenters. The van der Waals surface area contributed by atoms with Gasteiger partial charge in [-0.3, -0.25) is 4.79 Å². The number of benzene rings is 1. The second-order valence-electron chi connectivity index (χ2n) is 2.93. The van der Waals surface area contributed by atoms with Crippen LogP contribution in [-0.2, 0) is 4.74 Å². The molecule has 0 saturated heterocycles. The van der Waals surface area contributed by atoms with Crippen LogP contribution in [0.4, 0.5) is 0 Å². The van der Waals surface area contributed by atoms with Gasteiger partial charge in [-0.25, -0.2) is 0 Å². The SMILES string of the molecule is COCC(=O)c1ccc(OC)c(SC)c1. The van der Waals surface area contributed by atoms with E-state index >= 15 is 0 Å². The quantitative estimate of drug-likeness (QED) is 0.570. The molecule has 4 heteroatoms. The molecule has 3 nitrogen and oxygen atoms in total. The normalized spacial score (nSPS) is 10.1. The van der Waals surface area contributed by atoms with Gasteiger partial charge < -0.3 is 9.47 Å². The summed E-state index contributed by atoms with van der Waals surface area (Å²) in [5, 5.41) is 0. The van der Waals surface area contributed by atoms with Crippen molar-refractivity contribution in [2.75, 3.05) is 27.1 Å². The van der Waals surface area contributed by atoms with Crippen molar-refractivity contribution >= 4 is 17.5 Å². The highest BCUT2D eigenvalue weighted by atomic mass is 32.2. The fourth-order valence-corrected chi connectivity index (χ4v) is 1.82. The van der Waals surface area contributed by atoms with Crippen molar-refractivity contribution < 1.29 is 14.3 Å². The number of methoxy groups -OCH3 is 2. The lowest BCUT2D eigenvalue weighted by Gasteiger charge is -2.07. The first kappa shape index (κ1) is 12.1. The lowest BCUT2D eigenvalue weighted by Crippen LogP contribution is -2.07. The summed E-state index contributed by atoms with van der Waals surface area (Å²) in [5.74, 6) is 0.770. The van der Waals surface area contributed by atoms with Gasteiger partial charge >= 0.3 is 0 Å². The van der Waals surface area contributed by atoms with E-state index in [0.717, 1.165) is 10.6 Å². The van der Waals surface area contributed by atoms with Gasteiger partial charge in [0.15, 0.2) is 5.78 Å². The molecular formula is C11H14O3S. The molecule has 0 aliphatic heterocycles. The molecule has 0 atom stereocenters. The fraction of sp³-hybridized carbons (Fsp3) is 0.364. The molecule has 0 N–H and O–H groups in total. The van der Waals surface area contributed by atoms with E-state index in [1.807, 2.05) is 12.3 Å². The van der Waals surface area contributed by atoms with Crippen LogP contribution in [0.15, 0.2) is 23.1 Å². The lowest BCUT2D eigenvalue weighted by atomic mass is 10.1. The van der Waals surface area contributed by atoms with Crippen LogP contribution in [-0.4, -0.2) is 32.9 Å². The number of Topliss-reactive ketones (excluding diaryl/α,β-unsaturated/α-hetero) is 1. The van der Waals surface area contributed by atoms with E-state index in [4.69, 9.17) is 9.47 Å². The van der Waals surface area contributed by atoms with Gasteiger partial charge in [-0.1, -0.05) is 0 Å². The van der Waals surface area contributed by atoms with E-state index < -0.39 is 0 Å². The highest BCUT2D eigenvalue weighted by Gasteiger charge is 2.09. The van der Waals surface area contributed by atoms with E-state index in [-0.39, 0.29) is 12.4 Å².